The lowest BCUT2D eigenvalue weighted by atomic mass is 10.3. The number of fused-ring (bicyclic) bond motifs is 1. The van der Waals surface area contributed by atoms with Gasteiger partial charge >= 0.3 is 0 Å². The highest BCUT2D eigenvalue weighted by molar-refractivity contribution is 14.0. The lowest BCUT2D eigenvalue weighted by Gasteiger charge is -2.09. The minimum absolute atomic E-state index is 0. The maximum absolute atomic E-state index is 6.02. The molecule has 0 unspecified atom stereocenters. The van der Waals surface area contributed by atoms with Crippen molar-refractivity contribution in [3.8, 4) is 11.5 Å². The summed E-state index contributed by atoms with van der Waals surface area (Å²) in [6.45, 7) is 0.598. The molecule has 2 heterocycles. The van der Waals surface area contributed by atoms with Crippen molar-refractivity contribution in [2.75, 3.05) is 11.9 Å². The van der Waals surface area contributed by atoms with Gasteiger partial charge in [-0.25, -0.2) is 0 Å². The molecule has 7 nitrogen and oxygen atoms in total. The van der Waals surface area contributed by atoms with Crippen LogP contribution in [-0.2, 0) is 6.42 Å². The Morgan fingerprint density at radius 1 is 0.967 bits per heavy atom. The fourth-order valence-corrected chi connectivity index (χ4v) is 2.95. The molecule has 8 heteroatoms. The number of ether oxygens (including phenoxy) is 1. The van der Waals surface area contributed by atoms with Gasteiger partial charge in [0.1, 0.15) is 17.3 Å². The number of para-hydroxylation sites is 1. The monoisotopic (exact) mass is 514 g/mol. The summed E-state index contributed by atoms with van der Waals surface area (Å²) in [7, 11) is 0. The van der Waals surface area contributed by atoms with Crippen LogP contribution in [0.25, 0.3) is 5.65 Å². The Morgan fingerprint density at radius 2 is 1.77 bits per heavy atom. The molecule has 3 N–H and O–H groups in total. The van der Waals surface area contributed by atoms with E-state index in [1.807, 2.05) is 83.4 Å². The predicted octanol–water partition coefficient (Wildman–Crippen LogP) is 4.50. The molecule has 0 aliphatic carbocycles. The Kier molecular flexibility index (Phi) is 7.61. The second kappa shape index (κ2) is 10.6. The summed E-state index contributed by atoms with van der Waals surface area (Å²) in [5.74, 6) is 2.81. The van der Waals surface area contributed by atoms with E-state index in [4.69, 9.17) is 10.5 Å². The number of aliphatic imine (C=N–C) groups is 1. The van der Waals surface area contributed by atoms with E-state index >= 15 is 0 Å². The lowest BCUT2D eigenvalue weighted by molar-refractivity contribution is 0.483. The quantitative estimate of drug-likeness (QED) is 0.164. The number of hydrogen-bond acceptors (Lipinski definition) is 4. The highest BCUT2D eigenvalue weighted by atomic mass is 127. The van der Waals surface area contributed by atoms with Gasteiger partial charge in [0.2, 0.25) is 0 Å². The minimum atomic E-state index is 0. The van der Waals surface area contributed by atoms with E-state index in [1.165, 1.54) is 0 Å². The number of benzene rings is 2. The first-order valence-corrected chi connectivity index (χ1v) is 9.46. The Hall–Kier alpha value is -3.14. The summed E-state index contributed by atoms with van der Waals surface area (Å²) in [5.41, 5.74) is 7.70. The minimum Gasteiger partial charge on any atom is -0.457 e. The summed E-state index contributed by atoms with van der Waals surface area (Å²) in [6, 6.07) is 23.1. The molecule has 0 amide bonds. The van der Waals surface area contributed by atoms with Crippen LogP contribution < -0.4 is 15.8 Å². The first kappa shape index (κ1) is 21.6. The van der Waals surface area contributed by atoms with Crippen molar-refractivity contribution in [3.05, 3.63) is 84.8 Å². The van der Waals surface area contributed by atoms with Gasteiger partial charge in [0, 0.05) is 30.9 Å². The molecule has 4 rings (SSSR count). The molecule has 30 heavy (non-hydrogen) atoms. The zero-order chi connectivity index (χ0) is 19.9. The number of nitrogens with zero attached hydrogens (tertiary/aromatic N) is 4. The first-order valence-electron chi connectivity index (χ1n) is 9.46. The van der Waals surface area contributed by atoms with Crippen molar-refractivity contribution in [1.82, 2.24) is 14.6 Å². The number of pyridine rings is 1. The van der Waals surface area contributed by atoms with E-state index in [-0.39, 0.29) is 24.0 Å². The maximum atomic E-state index is 6.02. The van der Waals surface area contributed by atoms with E-state index in [0.717, 1.165) is 41.5 Å². The molecular weight excluding hydrogens is 491 g/mol. The van der Waals surface area contributed by atoms with Gasteiger partial charge < -0.3 is 15.8 Å². The van der Waals surface area contributed by atoms with Crippen LogP contribution in [0.1, 0.15) is 12.2 Å². The molecule has 2 aromatic heterocycles. The topological polar surface area (TPSA) is 89.8 Å². The molecule has 0 aliphatic rings. The molecule has 0 spiro atoms. The van der Waals surface area contributed by atoms with Gasteiger partial charge in [-0.3, -0.25) is 9.39 Å². The van der Waals surface area contributed by atoms with Crippen molar-refractivity contribution < 1.29 is 4.74 Å². The second-order valence-electron chi connectivity index (χ2n) is 6.48. The molecule has 0 bridgehead atoms. The van der Waals surface area contributed by atoms with E-state index in [2.05, 4.69) is 20.5 Å². The number of hydrogen-bond donors (Lipinski definition) is 2. The number of nitrogens with two attached hydrogens (primary N) is 1. The summed E-state index contributed by atoms with van der Waals surface area (Å²) >= 11 is 0. The van der Waals surface area contributed by atoms with Crippen LogP contribution in [0.3, 0.4) is 0 Å². The molecule has 2 aromatic carbocycles. The van der Waals surface area contributed by atoms with Crippen molar-refractivity contribution in [2.24, 2.45) is 10.7 Å². The molecule has 0 saturated carbocycles. The maximum Gasteiger partial charge on any atom is 0.193 e. The summed E-state index contributed by atoms with van der Waals surface area (Å²) in [5, 5.41) is 11.5. The lowest BCUT2D eigenvalue weighted by Crippen LogP contribution is -2.22. The zero-order valence-electron chi connectivity index (χ0n) is 16.3. The molecule has 0 atom stereocenters. The van der Waals surface area contributed by atoms with Crippen molar-refractivity contribution in [2.45, 2.75) is 12.8 Å². The number of aromatic nitrogens is 3. The molecular formula is C22H23IN6O. The molecule has 0 saturated heterocycles. The summed E-state index contributed by atoms with van der Waals surface area (Å²) < 4.78 is 7.83. The highest BCUT2D eigenvalue weighted by Crippen LogP contribution is 2.23. The van der Waals surface area contributed by atoms with E-state index in [1.54, 1.807) is 0 Å². The van der Waals surface area contributed by atoms with E-state index in [0.29, 0.717) is 12.5 Å². The van der Waals surface area contributed by atoms with Crippen LogP contribution in [0.4, 0.5) is 5.69 Å². The van der Waals surface area contributed by atoms with Crippen LogP contribution in [0.15, 0.2) is 84.0 Å². The fraction of sp³-hybridized carbons (Fsp3) is 0.136. The number of halogens is 1. The van der Waals surface area contributed by atoms with Gasteiger partial charge in [-0.1, -0.05) is 30.3 Å². The fourth-order valence-electron chi connectivity index (χ4n) is 2.95. The van der Waals surface area contributed by atoms with Gasteiger partial charge in [0.25, 0.3) is 0 Å². The number of anilines is 1. The van der Waals surface area contributed by atoms with Gasteiger partial charge in [0.05, 0.1) is 0 Å². The van der Waals surface area contributed by atoms with E-state index < -0.39 is 0 Å². The molecule has 0 radical (unpaired) electrons. The summed E-state index contributed by atoms with van der Waals surface area (Å²) in [6.07, 6.45) is 3.58. The van der Waals surface area contributed by atoms with Crippen LogP contribution in [-0.4, -0.2) is 27.1 Å². The SMILES string of the molecule is I.NC(=NCCCc1nnc2ccccn12)Nc1cccc(Oc2ccccc2)c1. The average Bonchev–Trinajstić information content (AvgIpc) is 3.15. The third-order valence-electron chi connectivity index (χ3n) is 4.31. The Balaban J connectivity index is 0.00000256. The first-order chi connectivity index (χ1) is 14.3. The van der Waals surface area contributed by atoms with Crippen LogP contribution in [0.2, 0.25) is 0 Å². The number of guanidine groups is 1. The van der Waals surface area contributed by atoms with Crippen LogP contribution in [0.5, 0.6) is 11.5 Å². The predicted molar refractivity (Wildman–Crippen MR) is 130 cm³/mol. The van der Waals surface area contributed by atoms with Crippen LogP contribution in [0, 0.1) is 0 Å². The third-order valence-corrected chi connectivity index (χ3v) is 4.31. The molecule has 0 aliphatic heterocycles. The third kappa shape index (κ3) is 5.69. The second-order valence-corrected chi connectivity index (χ2v) is 6.48. The summed E-state index contributed by atoms with van der Waals surface area (Å²) in [4.78, 5) is 4.40. The zero-order valence-corrected chi connectivity index (χ0v) is 18.6. The van der Waals surface area contributed by atoms with Gasteiger partial charge in [-0.05, 0) is 42.8 Å². The number of aryl methyl sites for hydroxylation is 1. The Morgan fingerprint density at radius 3 is 2.63 bits per heavy atom. The smallest absolute Gasteiger partial charge is 0.193 e. The normalized spacial score (nSPS) is 11.1. The van der Waals surface area contributed by atoms with E-state index in [9.17, 15) is 0 Å². The standard InChI is InChI=1S/C22H22N6O.HI/c23-22(24-14-7-13-21-27-26-20-12-4-5-15-28(20)21)25-17-8-6-11-19(16-17)29-18-9-2-1-3-10-18;/h1-6,8-12,15-16H,7,13-14H2,(H3,23,24,25);1H. The largest absolute Gasteiger partial charge is 0.457 e. The van der Waals surface area contributed by atoms with Gasteiger partial charge in [-0.2, -0.15) is 0 Å². The van der Waals surface area contributed by atoms with Crippen molar-refractivity contribution >= 4 is 41.3 Å². The molecule has 154 valence electrons. The Bertz CT molecular complexity index is 1110. The van der Waals surface area contributed by atoms with Crippen LogP contribution >= 0.6 is 24.0 Å². The van der Waals surface area contributed by atoms with Crippen molar-refractivity contribution in [3.63, 3.8) is 0 Å². The molecule has 0 fully saturated rings. The highest BCUT2D eigenvalue weighted by Gasteiger charge is 2.04. The number of nitrogens with one attached hydrogen (secondary N) is 1. The van der Waals surface area contributed by atoms with Crippen molar-refractivity contribution in [1.29, 1.82) is 0 Å². The number of rotatable bonds is 7. The van der Waals surface area contributed by atoms with Gasteiger partial charge in [0.15, 0.2) is 11.6 Å². The molecule has 4 aromatic rings. The Labute approximate surface area is 192 Å². The van der Waals surface area contributed by atoms with Gasteiger partial charge in [-0.15, -0.1) is 34.2 Å². The average molecular weight is 514 g/mol.